The molecule has 0 bridgehead atoms. The van der Waals surface area contributed by atoms with Gasteiger partial charge in [0.05, 0.1) is 0 Å². The summed E-state index contributed by atoms with van der Waals surface area (Å²) in [5, 5.41) is 5.63. The fourth-order valence-corrected chi connectivity index (χ4v) is 11.9. The molecule has 0 N–H and O–H groups in total. The Bertz CT molecular complexity index is 1480. The van der Waals surface area contributed by atoms with Gasteiger partial charge in [0.1, 0.15) is 0 Å². The number of halogens is 1. The zero-order chi connectivity index (χ0) is 24.8. The maximum absolute atomic E-state index is 7.76. The molecule has 178 valence electrons. The van der Waals surface area contributed by atoms with Crippen molar-refractivity contribution in [2.75, 3.05) is 0 Å². The van der Waals surface area contributed by atoms with Crippen LogP contribution in [0.3, 0.4) is 0 Å². The van der Waals surface area contributed by atoms with E-state index in [0.717, 1.165) is 10.6 Å². The number of rotatable bonds is 4. The molecule has 1 nitrogen and oxygen atoms in total. The molecule has 0 spiro atoms. The summed E-state index contributed by atoms with van der Waals surface area (Å²) in [5.74, 6) is 0. The van der Waals surface area contributed by atoms with E-state index >= 15 is 0 Å². The summed E-state index contributed by atoms with van der Waals surface area (Å²) >= 11 is 6.29. The van der Waals surface area contributed by atoms with Crippen molar-refractivity contribution >= 4 is 39.6 Å². The van der Waals surface area contributed by atoms with Gasteiger partial charge in [0.2, 0.25) is 0 Å². The van der Waals surface area contributed by atoms with E-state index in [9.17, 15) is 0 Å². The molecular weight excluding hydrogens is 479 g/mol. The monoisotopic (exact) mass is 506 g/mol. The molecule has 1 atom stereocenters. The van der Waals surface area contributed by atoms with E-state index in [0.29, 0.717) is 0 Å². The maximum atomic E-state index is 7.76. The van der Waals surface area contributed by atoms with Crippen LogP contribution in [-0.2, 0) is 4.52 Å². The van der Waals surface area contributed by atoms with Gasteiger partial charge in [0.25, 0.3) is 0 Å². The summed E-state index contributed by atoms with van der Waals surface area (Å²) < 4.78 is 7.76. The minimum absolute atomic E-state index is 0.223. The Morgan fingerprint density at radius 3 is 1.64 bits per heavy atom. The molecule has 1 heterocycles. The van der Waals surface area contributed by atoms with Gasteiger partial charge in [0.15, 0.2) is 0 Å². The Balaban J connectivity index is 1.80. The molecule has 0 aromatic heterocycles. The fraction of sp³-hybridized carbons (Fsp3) is 0.0909. The standard InChI is InChI=1S/C33H28ClOP/c1-24-12-20-29(21-13-24)36(28-8-4-3-5-9-28,30-22-14-25(2)15-23-30)32-11-7-6-10-31(32)33(35-36)26-16-18-27(34)19-17-26/h3-23,33H,1-2H3/t33-/m0/s1. The normalized spacial score (nSPS) is 18.6. The average Bonchev–Trinajstić information content (AvgIpc) is 3.24. The van der Waals surface area contributed by atoms with Gasteiger partial charge in [-0.05, 0) is 0 Å². The number of benzene rings is 5. The van der Waals surface area contributed by atoms with Crippen LogP contribution in [0, 0.1) is 13.8 Å². The predicted octanol–water partition coefficient (Wildman–Crippen LogP) is 7.15. The third-order valence-corrected chi connectivity index (χ3v) is 13.5. The molecule has 1 aliphatic heterocycles. The van der Waals surface area contributed by atoms with Gasteiger partial charge in [-0.1, -0.05) is 0 Å². The van der Waals surface area contributed by atoms with Crippen LogP contribution in [0.2, 0.25) is 5.02 Å². The first-order valence-electron chi connectivity index (χ1n) is 12.3. The van der Waals surface area contributed by atoms with E-state index in [1.54, 1.807) is 0 Å². The molecule has 5 aromatic rings. The van der Waals surface area contributed by atoms with Crippen molar-refractivity contribution in [3.8, 4) is 0 Å². The van der Waals surface area contributed by atoms with Crippen LogP contribution in [-0.4, -0.2) is 0 Å². The van der Waals surface area contributed by atoms with E-state index in [2.05, 4.69) is 129 Å². The molecule has 1 aliphatic rings. The quantitative estimate of drug-likeness (QED) is 0.235. The van der Waals surface area contributed by atoms with Crippen molar-refractivity contribution in [2.24, 2.45) is 0 Å². The Hall–Kier alpha value is -3.22. The summed E-state index contributed by atoms with van der Waals surface area (Å²) in [5.41, 5.74) is 4.78. The zero-order valence-corrected chi connectivity index (χ0v) is 22.1. The van der Waals surface area contributed by atoms with Gasteiger partial charge in [-0.25, -0.2) is 0 Å². The fourth-order valence-electron chi connectivity index (χ4n) is 5.72. The van der Waals surface area contributed by atoms with Crippen LogP contribution in [0.5, 0.6) is 0 Å². The summed E-state index contributed by atoms with van der Waals surface area (Å²) in [4.78, 5) is 0. The van der Waals surface area contributed by atoms with Crippen LogP contribution in [0.4, 0.5) is 0 Å². The second kappa shape index (κ2) is 8.71. The van der Waals surface area contributed by atoms with Crippen molar-refractivity contribution in [3.63, 3.8) is 0 Å². The molecular formula is C33H28ClOP. The van der Waals surface area contributed by atoms with E-state index < -0.39 is 6.83 Å². The molecule has 6 rings (SSSR count). The van der Waals surface area contributed by atoms with E-state index in [4.69, 9.17) is 16.1 Å². The molecule has 36 heavy (non-hydrogen) atoms. The molecule has 0 amide bonds. The number of hydrogen-bond donors (Lipinski definition) is 0. The van der Waals surface area contributed by atoms with Gasteiger partial charge < -0.3 is 0 Å². The Labute approximate surface area is 218 Å². The topological polar surface area (TPSA) is 9.23 Å². The van der Waals surface area contributed by atoms with Crippen LogP contribution in [0.15, 0.2) is 127 Å². The second-order valence-electron chi connectivity index (χ2n) is 9.64. The SMILES string of the molecule is Cc1ccc(P2(c3ccccc3)(c3ccc(C)cc3)O[C@@H](c3ccc(Cl)cc3)c3ccccc32)cc1. The Morgan fingerprint density at radius 1 is 0.556 bits per heavy atom. The first-order chi connectivity index (χ1) is 17.5. The van der Waals surface area contributed by atoms with Crippen LogP contribution >= 0.6 is 18.4 Å². The predicted molar refractivity (Wildman–Crippen MR) is 155 cm³/mol. The molecule has 0 fully saturated rings. The van der Waals surface area contributed by atoms with Crippen molar-refractivity contribution < 1.29 is 4.52 Å². The minimum atomic E-state index is -3.60. The number of hydrogen-bond acceptors (Lipinski definition) is 1. The van der Waals surface area contributed by atoms with Gasteiger partial charge in [0, 0.05) is 0 Å². The van der Waals surface area contributed by atoms with Crippen molar-refractivity contribution in [2.45, 2.75) is 20.0 Å². The molecule has 3 heteroatoms. The molecule has 0 saturated heterocycles. The Kier molecular flexibility index (Phi) is 5.61. The zero-order valence-electron chi connectivity index (χ0n) is 20.4. The number of fused-ring (bicyclic) bond motifs is 1. The third kappa shape index (κ3) is 3.24. The van der Waals surface area contributed by atoms with Crippen molar-refractivity contribution in [3.05, 3.63) is 155 Å². The molecule has 5 aromatic carbocycles. The van der Waals surface area contributed by atoms with Gasteiger partial charge >= 0.3 is 219 Å². The van der Waals surface area contributed by atoms with E-state index in [1.807, 2.05) is 12.1 Å². The average molecular weight is 507 g/mol. The summed E-state index contributed by atoms with van der Waals surface area (Å²) in [7, 11) is 0. The van der Waals surface area contributed by atoms with E-state index in [-0.39, 0.29) is 6.10 Å². The van der Waals surface area contributed by atoms with Gasteiger partial charge in [-0.3, -0.25) is 0 Å². The van der Waals surface area contributed by atoms with Crippen LogP contribution < -0.4 is 21.2 Å². The van der Waals surface area contributed by atoms with Gasteiger partial charge in [-0.2, -0.15) is 0 Å². The molecule has 0 aliphatic carbocycles. The molecule has 0 saturated carbocycles. The second-order valence-corrected chi connectivity index (χ2v) is 14.4. The first kappa shape index (κ1) is 23.2. The molecule has 0 radical (unpaired) electrons. The summed E-state index contributed by atoms with van der Waals surface area (Å²) in [6.07, 6.45) is -0.223. The first-order valence-corrected chi connectivity index (χ1v) is 14.8. The summed E-state index contributed by atoms with van der Waals surface area (Å²) in [6.45, 7) is 0.672. The molecule has 0 unspecified atom stereocenters. The van der Waals surface area contributed by atoms with Crippen LogP contribution in [0.25, 0.3) is 0 Å². The summed E-state index contributed by atoms with van der Waals surface area (Å²) in [6, 6.07) is 45.7. The van der Waals surface area contributed by atoms with E-state index in [1.165, 1.54) is 37.9 Å². The van der Waals surface area contributed by atoms with Crippen molar-refractivity contribution in [1.82, 2.24) is 0 Å². The number of aryl methyl sites for hydroxylation is 2. The van der Waals surface area contributed by atoms with Crippen molar-refractivity contribution in [1.29, 1.82) is 0 Å². The van der Waals surface area contributed by atoms with Crippen LogP contribution in [0.1, 0.15) is 28.4 Å². The Morgan fingerprint density at radius 2 is 1.06 bits per heavy atom. The van der Waals surface area contributed by atoms with Gasteiger partial charge in [-0.15, -0.1) is 0 Å². The third-order valence-electron chi connectivity index (χ3n) is 7.47.